The zero-order valence-electron chi connectivity index (χ0n) is 9.97. The van der Waals surface area contributed by atoms with Crippen LogP contribution in [0.15, 0.2) is 29.0 Å². The summed E-state index contributed by atoms with van der Waals surface area (Å²) >= 11 is 3.35. The summed E-state index contributed by atoms with van der Waals surface area (Å²) in [5.41, 5.74) is 1.27. The van der Waals surface area contributed by atoms with Crippen LogP contribution >= 0.6 is 22.7 Å². The Balaban J connectivity index is 1.94. The van der Waals surface area contributed by atoms with Crippen LogP contribution in [0.4, 0.5) is 0 Å². The lowest BCUT2D eigenvalue weighted by molar-refractivity contribution is -0.129. The van der Waals surface area contributed by atoms with Crippen LogP contribution in [0.25, 0.3) is 0 Å². The van der Waals surface area contributed by atoms with E-state index in [1.165, 1.54) is 10.4 Å². The van der Waals surface area contributed by atoms with Crippen LogP contribution < -0.4 is 0 Å². The maximum Gasteiger partial charge on any atom is 0.227 e. The summed E-state index contributed by atoms with van der Waals surface area (Å²) < 4.78 is 0. The lowest BCUT2D eigenvalue weighted by Gasteiger charge is -2.16. The van der Waals surface area contributed by atoms with Gasteiger partial charge in [0.25, 0.3) is 0 Å². The van der Waals surface area contributed by atoms with Crippen LogP contribution in [0, 0.1) is 6.92 Å². The molecule has 4 heteroatoms. The fourth-order valence-corrected chi connectivity index (χ4v) is 3.22. The number of amides is 1. The van der Waals surface area contributed by atoms with Crippen molar-refractivity contribution in [3.05, 3.63) is 44.3 Å². The van der Waals surface area contributed by atoms with Crippen molar-refractivity contribution in [2.75, 3.05) is 7.05 Å². The van der Waals surface area contributed by atoms with Gasteiger partial charge in [-0.3, -0.25) is 4.79 Å². The lowest BCUT2D eigenvalue weighted by atomic mass is 10.2. The van der Waals surface area contributed by atoms with Gasteiger partial charge in [0.1, 0.15) is 0 Å². The number of hydrogen-bond acceptors (Lipinski definition) is 3. The Bertz CT molecular complexity index is 487. The number of rotatable bonds is 4. The molecule has 0 radical (unpaired) electrons. The Morgan fingerprint density at radius 2 is 2.12 bits per heavy atom. The van der Waals surface area contributed by atoms with E-state index in [2.05, 4.69) is 18.4 Å². The third-order valence-corrected chi connectivity index (χ3v) is 4.56. The number of carbonyl (C=O) groups excluding carboxylic acids is 1. The second kappa shape index (κ2) is 5.47. The summed E-state index contributed by atoms with van der Waals surface area (Å²) in [6.45, 7) is 2.80. The molecule has 0 aliphatic heterocycles. The van der Waals surface area contributed by atoms with Gasteiger partial charge in [-0.2, -0.15) is 0 Å². The molecule has 2 heterocycles. The van der Waals surface area contributed by atoms with Crippen molar-refractivity contribution in [1.82, 2.24) is 4.90 Å². The predicted octanol–water partition coefficient (Wildman–Crippen LogP) is 3.32. The normalized spacial score (nSPS) is 10.5. The van der Waals surface area contributed by atoms with Crippen molar-refractivity contribution in [3.8, 4) is 0 Å². The van der Waals surface area contributed by atoms with Gasteiger partial charge in [-0.05, 0) is 35.4 Å². The van der Waals surface area contributed by atoms with Gasteiger partial charge < -0.3 is 4.90 Å². The van der Waals surface area contributed by atoms with Crippen LogP contribution in [-0.2, 0) is 17.8 Å². The first-order chi connectivity index (χ1) is 8.16. The van der Waals surface area contributed by atoms with Crippen molar-refractivity contribution >= 4 is 28.6 Å². The van der Waals surface area contributed by atoms with Crippen molar-refractivity contribution < 1.29 is 4.79 Å². The number of likely N-dealkylation sites (N-methyl/N-ethyl adjacent to an activating group) is 1. The molecule has 0 saturated heterocycles. The minimum atomic E-state index is 0.181. The first-order valence-corrected chi connectivity index (χ1v) is 7.22. The van der Waals surface area contributed by atoms with Gasteiger partial charge in [0.15, 0.2) is 0 Å². The zero-order chi connectivity index (χ0) is 12.3. The van der Waals surface area contributed by atoms with Crippen molar-refractivity contribution in [2.24, 2.45) is 0 Å². The Morgan fingerprint density at radius 1 is 1.29 bits per heavy atom. The molecule has 0 fully saturated rings. The summed E-state index contributed by atoms with van der Waals surface area (Å²) in [5, 5.41) is 4.08. The molecule has 90 valence electrons. The van der Waals surface area contributed by atoms with Gasteiger partial charge in [0.05, 0.1) is 13.0 Å². The molecule has 2 aromatic heterocycles. The van der Waals surface area contributed by atoms with E-state index in [9.17, 15) is 4.79 Å². The largest absolute Gasteiger partial charge is 0.340 e. The van der Waals surface area contributed by atoms with Crippen LogP contribution in [0.3, 0.4) is 0 Å². The Hall–Kier alpha value is -1.13. The number of nitrogens with zero attached hydrogens (tertiary/aromatic N) is 1. The van der Waals surface area contributed by atoms with E-state index < -0.39 is 0 Å². The standard InChI is InChI=1S/C13H15NOS2/c1-10-5-7-17-12(10)9-14(2)13(15)8-11-4-3-6-16-11/h3-7H,8-9H2,1-2H3. The topological polar surface area (TPSA) is 20.3 Å². The molecular weight excluding hydrogens is 250 g/mol. The van der Waals surface area contributed by atoms with Crippen LogP contribution in [0.1, 0.15) is 15.3 Å². The van der Waals surface area contributed by atoms with Gasteiger partial charge >= 0.3 is 0 Å². The molecule has 17 heavy (non-hydrogen) atoms. The van der Waals surface area contributed by atoms with Crippen molar-refractivity contribution in [2.45, 2.75) is 19.9 Å². The maximum atomic E-state index is 12.0. The first-order valence-electron chi connectivity index (χ1n) is 5.46. The molecular formula is C13H15NOS2. The Labute approximate surface area is 110 Å². The molecule has 2 rings (SSSR count). The smallest absolute Gasteiger partial charge is 0.227 e. The highest BCUT2D eigenvalue weighted by atomic mass is 32.1. The van der Waals surface area contributed by atoms with E-state index in [1.54, 1.807) is 27.6 Å². The first kappa shape index (κ1) is 12.3. The molecule has 2 nitrogen and oxygen atoms in total. The Morgan fingerprint density at radius 3 is 2.71 bits per heavy atom. The highest BCUT2D eigenvalue weighted by Gasteiger charge is 2.12. The minimum absolute atomic E-state index is 0.181. The average molecular weight is 265 g/mol. The van der Waals surface area contributed by atoms with E-state index in [0.717, 1.165) is 4.88 Å². The molecule has 0 aromatic carbocycles. The summed E-state index contributed by atoms with van der Waals surface area (Å²) in [5.74, 6) is 0.181. The molecule has 0 bridgehead atoms. The predicted molar refractivity (Wildman–Crippen MR) is 73.6 cm³/mol. The molecule has 0 unspecified atom stereocenters. The van der Waals surface area contributed by atoms with Gasteiger partial charge in [0.2, 0.25) is 5.91 Å². The van der Waals surface area contributed by atoms with Crippen LogP contribution in [0.2, 0.25) is 0 Å². The summed E-state index contributed by atoms with van der Waals surface area (Å²) in [7, 11) is 1.87. The minimum Gasteiger partial charge on any atom is -0.340 e. The molecule has 0 spiro atoms. The second-order valence-corrected chi connectivity index (χ2v) is 6.07. The molecule has 2 aromatic rings. The fraction of sp³-hybridized carbons (Fsp3) is 0.308. The molecule has 0 saturated carbocycles. The average Bonchev–Trinajstić information content (AvgIpc) is 2.91. The number of carbonyl (C=O) groups is 1. The van der Waals surface area contributed by atoms with E-state index in [1.807, 2.05) is 24.6 Å². The number of thiophene rings is 2. The maximum absolute atomic E-state index is 12.0. The van der Waals surface area contributed by atoms with Gasteiger partial charge in [-0.15, -0.1) is 22.7 Å². The van der Waals surface area contributed by atoms with E-state index in [-0.39, 0.29) is 5.91 Å². The molecule has 0 N–H and O–H groups in total. The Kier molecular flexibility index (Phi) is 3.97. The van der Waals surface area contributed by atoms with Crippen LogP contribution in [0.5, 0.6) is 0 Å². The van der Waals surface area contributed by atoms with E-state index in [4.69, 9.17) is 0 Å². The molecule has 1 amide bonds. The summed E-state index contributed by atoms with van der Waals surface area (Å²) in [4.78, 5) is 16.2. The third kappa shape index (κ3) is 3.17. The highest BCUT2D eigenvalue weighted by Crippen LogP contribution is 2.18. The number of hydrogen-bond donors (Lipinski definition) is 0. The van der Waals surface area contributed by atoms with Crippen molar-refractivity contribution in [1.29, 1.82) is 0 Å². The van der Waals surface area contributed by atoms with Gasteiger partial charge in [-0.1, -0.05) is 6.07 Å². The fourth-order valence-electron chi connectivity index (χ4n) is 1.57. The quantitative estimate of drug-likeness (QED) is 0.830. The lowest BCUT2D eigenvalue weighted by Crippen LogP contribution is -2.27. The highest BCUT2D eigenvalue weighted by molar-refractivity contribution is 7.10. The number of aryl methyl sites for hydroxylation is 1. The third-order valence-electron chi connectivity index (χ3n) is 2.68. The van der Waals surface area contributed by atoms with Crippen molar-refractivity contribution in [3.63, 3.8) is 0 Å². The van der Waals surface area contributed by atoms with Gasteiger partial charge in [0, 0.05) is 16.8 Å². The molecule has 0 atom stereocenters. The van der Waals surface area contributed by atoms with E-state index in [0.29, 0.717) is 13.0 Å². The summed E-state index contributed by atoms with van der Waals surface area (Å²) in [6.07, 6.45) is 0.512. The zero-order valence-corrected chi connectivity index (χ0v) is 11.6. The van der Waals surface area contributed by atoms with Gasteiger partial charge in [-0.25, -0.2) is 0 Å². The van der Waals surface area contributed by atoms with Crippen LogP contribution in [-0.4, -0.2) is 17.9 Å². The SMILES string of the molecule is Cc1ccsc1CN(C)C(=O)Cc1cccs1. The monoisotopic (exact) mass is 265 g/mol. The molecule has 0 aliphatic carbocycles. The van der Waals surface area contributed by atoms with E-state index >= 15 is 0 Å². The summed E-state index contributed by atoms with van der Waals surface area (Å²) in [6, 6.07) is 6.08. The molecule has 0 aliphatic rings. The second-order valence-electron chi connectivity index (χ2n) is 4.03.